The number of rotatable bonds is 3. The monoisotopic (exact) mass is 463 g/mol. The minimum absolute atomic E-state index is 0.0983. The summed E-state index contributed by atoms with van der Waals surface area (Å²) in [4.78, 5) is 27.0. The first-order valence-electron chi connectivity index (χ1n) is 10.1. The van der Waals surface area contributed by atoms with Crippen molar-refractivity contribution in [2.24, 2.45) is 0 Å². The van der Waals surface area contributed by atoms with Crippen LogP contribution in [0.2, 0.25) is 0 Å². The van der Waals surface area contributed by atoms with Gasteiger partial charge in [0.15, 0.2) is 16.6 Å². The number of amides is 2. The number of fused-ring (bicyclic) bond motifs is 1. The maximum atomic E-state index is 13.7. The normalized spacial score (nSPS) is 16.5. The smallest absolute Gasteiger partial charge is 0.270 e. The summed E-state index contributed by atoms with van der Waals surface area (Å²) in [6, 6.07) is 13.0. The van der Waals surface area contributed by atoms with Crippen LogP contribution >= 0.6 is 12.2 Å². The van der Waals surface area contributed by atoms with Crippen LogP contribution in [0.3, 0.4) is 0 Å². The van der Waals surface area contributed by atoms with Gasteiger partial charge in [-0.15, -0.1) is 0 Å². The molecule has 33 heavy (non-hydrogen) atoms. The van der Waals surface area contributed by atoms with Crippen LogP contribution in [0.4, 0.5) is 10.1 Å². The van der Waals surface area contributed by atoms with E-state index in [2.05, 4.69) is 5.32 Å². The van der Waals surface area contributed by atoms with Crippen molar-refractivity contribution in [1.29, 1.82) is 0 Å². The van der Waals surface area contributed by atoms with E-state index < -0.39 is 17.6 Å². The van der Waals surface area contributed by atoms with Crippen molar-refractivity contribution in [2.45, 2.75) is 13.8 Å². The van der Waals surface area contributed by atoms with Crippen LogP contribution in [0.15, 0.2) is 54.1 Å². The third-order valence-corrected chi connectivity index (χ3v) is 5.84. The number of nitrogens with one attached hydrogen (secondary N) is 1. The van der Waals surface area contributed by atoms with Gasteiger partial charge in [0.05, 0.1) is 5.69 Å². The first kappa shape index (κ1) is 20.9. The van der Waals surface area contributed by atoms with Gasteiger partial charge in [0.2, 0.25) is 6.79 Å². The molecule has 0 bridgehead atoms. The quantitative estimate of drug-likeness (QED) is 0.364. The molecule has 0 aliphatic carbocycles. The van der Waals surface area contributed by atoms with Gasteiger partial charge in [-0.2, -0.15) is 0 Å². The molecule has 166 valence electrons. The molecule has 0 saturated carbocycles. The number of halogens is 1. The summed E-state index contributed by atoms with van der Waals surface area (Å²) < 4.78 is 26.6. The van der Waals surface area contributed by atoms with Gasteiger partial charge in [-0.25, -0.2) is 4.39 Å². The van der Waals surface area contributed by atoms with Gasteiger partial charge in [-0.3, -0.25) is 19.8 Å². The molecular formula is C24H18FN3O4S. The maximum absolute atomic E-state index is 13.7. The Morgan fingerprint density at radius 3 is 2.61 bits per heavy atom. The van der Waals surface area contributed by atoms with Crippen LogP contribution in [0, 0.1) is 19.7 Å². The van der Waals surface area contributed by atoms with E-state index in [0.29, 0.717) is 17.1 Å². The second kappa shape index (κ2) is 7.86. The van der Waals surface area contributed by atoms with E-state index in [-0.39, 0.29) is 23.2 Å². The van der Waals surface area contributed by atoms with Gasteiger partial charge in [-0.1, -0.05) is 6.07 Å². The second-order valence-corrected chi connectivity index (χ2v) is 8.02. The van der Waals surface area contributed by atoms with Crippen LogP contribution < -0.4 is 19.7 Å². The zero-order chi connectivity index (χ0) is 23.3. The maximum Gasteiger partial charge on any atom is 0.270 e. The second-order valence-electron chi connectivity index (χ2n) is 7.64. The van der Waals surface area contributed by atoms with E-state index in [1.165, 1.54) is 24.3 Å². The number of carbonyl (C=O) groups excluding carboxylic acids is 2. The molecule has 0 atom stereocenters. The fourth-order valence-electron chi connectivity index (χ4n) is 4.02. The third-order valence-electron chi connectivity index (χ3n) is 5.55. The van der Waals surface area contributed by atoms with Crippen molar-refractivity contribution in [3.63, 3.8) is 0 Å². The molecule has 2 aliphatic rings. The Bertz CT molecular complexity index is 1380. The van der Waals surface area contributed by atoms with E-state index in [4.69, 9.17) is 21.7 Å². The Morgan fingerprint density at radius 1 is 1.03 bits per heavy atom. The molecule has 3 aromatic rings. The van der Waals surface area contributed by atoms with Crippen molar-refractivity contribution in [3.05, 3.63) is 76.9 Å². The highest BCUT2D eigenvalue weighted by Gasteiger charge is 2.35. The average Bonchev–Trinajstić information content (AvgIpc) is 3.34. The van der Waals surface area contributed by atoms with Crippen molar-refractivity contribution in [1.82, 2.24) is 9.88 Å². The molecular weight excluding hydrogens is 445 g/mol. The predicted octanol–water partition coefficient (Wildman–Crippen LogP) is 3.79. The van der Waals surface area contributed by atoms with Gasteiger partial charge >= 0.3 is 0 Å². The highest BCUT2D eigenvalue weighted by atomic mass is 32.1. The van der Waals surface area contributed by atoms with Crippen LogP contribution in [-0.2, 0) is 9.59 Å². The fourth-order valence-corrected chi connectivity index (χ4v) is 4.30. The van der Waals surface area contributed by atoms with E-state index in [1.54, 1.807) is 6.07 Å². The number of nitrogens with zero attached hydrogens (tertiary/aromatic N) is 2. The van der Waals surface area contributed by atoms with Crippen molar-refractivity contribution in [2.75, 3.05) is 11.7 Å². The number of hydrogen-bond donors (Lipinski definition) is 1. The molecule has 2 aromatic carbocycles. The SMILES string of the molecule is Cc1cc(/C=C2\C(=O)NC(=S)N(c3cccc(F)c3)C2=O)c(C)n1-c1ccc2c(c1)OCO2. The van der Waals surface area contributed by atoms with Crippen molar-refractivity contribution in [3.8, 4) is 17.2 Å². The third kappa shape index (κ3) is 3.56. The molecule has 0 spiro atoms. The zero-order valence-electron chi connectivity index (χ0n) is 17.7. The summed E-state index contributed by atoms with van der Waals surface area (Å²) in [5.41, 5.74) is 3.42. The summed E-state index contributed by atoms with van der Waals surface area (Å²) in [6.45, 7) is 4.00. The lowest BCUT2D eigenvalue weighted by Crippen LogP contribution is -2.54. The molecule has 0 unspecified atom stereocenters. The molecule has 1 aromatic heterocycles. The van der Waals surface area contributed by atoms with Gasteiger partial charge in [0.25, 0.3) is 11.8 Å². The lowest BCUT2D eigenvalue weighted by atomic mass is 10.1. The standard InChI is InChI=1S/C24H18FN3O4S/c1-13-8-15(14(2)27(13)18-6-7-20-21(11-18)32-12-31-20)9-19-22(29)26-24(33)28(23(19)30)17-5-3-4-16(25)10-17/h3-11H,12H2,1-2H3,(H,26,29,33)/b19-9+. The lowest BCUT2D eigenvalue weighted by molar-refractivity contribution is -0.122. The first-order valence-corrected chi connectivity index (χ1v) is 10.5. The highest BCUT2D eigenvalue weighted by Crippen LogP contribution is 2.35. The van der Waals surface area contributed by atoms with Gasteiger partial charge < -0.3 is 14.0 Å². The largest absolute Gasteiger partial charge is 0.454 e. The molecule has 5 rings (SSSR count). The number of ether oxygens (including phenoxy) is 2. The molecule has 9 heteroatoms. The Balaban J connectivity index is 1.54. The van der Waals surface area contributed by atoms with E-state index in [0.717, 1.165) is 22.0 Å². The van der Waals surface area contributed by atoms with Gasteiger partial charge in [-0.05, 0) is 74.1 Å². The van der Waals surface area contributed by atoms with E-state index in [9.17, 15) is 14.0 Å². The summed E-state index contributed by atoms with van der Waals surface area (Å²) in [7, 11) is 0. The van der Waals surface area contributed by atoms with E-state index in [1.807, 2.05) is 42.7 Å². The van der Waals surface area contributed by atoms with Gasteiger partial charge in [0.1, 0.15) is 11.4 Å². The summed E-state index contributed by atoms with van der Waals surface area (Å²) in [6.07, 6.45) is 1.53. The number of hydrogen-bond acceptors (Lipinski definition) is 5. The number of anilines is 1. The molecule has 0 radical (unpaired) electrons. The molecule has 3 heterocycles. The predicted molar refractivity (Wildman–Crippen MR) is 124 cm³/mol. The highest BCUT2D eigenvalue weighted by molar-refractivity contribution is 7.80. The molecule has 2 amide bonds. The number of thiocarbonyl (C=S) groups is 1. The van der Waals surface area contributed by atoms with Crippen LogP contribution in [-0.4, -0.2) is 28.3 Å². The first-order chi connectivity index (χ1) is 15.8. The lowest BCUT2D eigenvalue weighted by Gasteiger charge is -2.28. The van der Waals surface area contributed by atoms with E-state index >= 15 is 0 Å². The average molecular weight is 463 g/mol. The number of carbonyl (C=O) groups is 2. The van der Waals surface area contributed by atoms with Crippen LogP contribution in [0.1, 0.15) is 17.0 Å². The number of aryl methyl sites for hydroxylation is 1. The molecule has 1 N–H and O–H groups in total. The topological polar surface area (TPSA) is 72.8 Å². The van der Waals surface area contributed by atoms with Gasteiger partial charge in [0, 0.05) is 23.1 Å². The summed E-state index contributed by atoms with van der Waals surface area (Å²) in [5.74, 6) is -0.409. The molecule has 1 fully saturated rings. The molecule has 1 saturated heterocycles. The fraction of sp³-hybridized carbons (Fsp3) is 0.125. The van der Waals surface area contributed by atoms with Crippen LogP contribution in [0.25, 0.3) is 11.8 Å². The Morgan fingerprint density at radius 2 is 1.82 bits per heavy atom. The Labute approximate surface area is 194 Å². The minimum Gasteiger partial charge on any atom is -0.454 e. The Kier molecular flexibility index (Phi) is 4.98. The van der Waals surface area contributed by atoms with Crippen molar-refractivity contribution >= 4 is 40.9 Å². The summed E-state index contributed by atoms with van der Waals surface area (Å²) >= 11 is 5.18. The number of aromatic nitrogens is 1. The molecule has 7 nitrogen and oxygen atoms in total. The van der Waals surface area contributed by atoms with Crippen molar-refractivity contribution < 1.29 is 23.5 Å². The minimum atomic E-state index is -0.623. The summed E-state index contributed by atoms with van der Waals surface area (Å²) in [5, 5.41) is 2.42. The number of benzene rings is 2. The molecule has 2 aliphatic heterocycles. The van der Waals surface area contributed by atoms with Crippen LogP contribution in [0.5, 0.6) is 11.5 Å². The zero-order valence-corrected chi connectivity index (χ0v) is 18.5. The Hall–Kier alpha value is -3.98.